The number of anilines is 1. The van der Waals surface area contributed by atoms with E-state index in [0.717, 1.165) is 60.2 Å². The minimum absolute atomic E-state index is 0.686. The predicted octanol–water partition coefficient (Wildman–Crippen LogP) is 3.86. The van der Waals surface area contributed by atoms with Crippen molar-refractivity contribution in [2.24, 2.45) is 0 Å². The van der Waals surface area contributed by atoms with Crippen LogP contribution in [0.2, 0.25) is 5.02 Å². The number of halogens is 1. The van der Waals surface area contributed by atoms with Crippen molar-refractivity contribution in [1.82, 2.24) is 24.5 Å². The summed E-state index contributed by atoms with van der Waals surface area (Å²) in [4.78, 5) is 13.7. The maximum atomic E-state index is 6.26. The Morgan fingerprint density at radius 1 is 0.897 bits per heavy atom. The zero-order valence-corrected chi connectivity index (χ0v) is 16.9. The third-order valence-electron chi connectivity index (χ3n) is 5.34. The molecule has 0 atom stereocenters. The third kappa shape index (κ3) is 3.45. The highest BCUT2D eigenvalue weighted by molar-refractivity contribution is 6.30. The van der Waals surface area contributed by atoms with E-state index in [0.29, 0.717) is 5.02 Å². The smallest absolute Gasteiger partial charge is 0.155 e. The van der Waals surface area contributed by atoms with Gasteiger partial charge in [0.1, 0.15) is 11.5 Å². The molecule has 1 fully saturated rings. The highest BCUT2D eigenvalue weighted by Crippen LogP contribution is 2.33. The van der Waals surface area contributed by atoms with Crippen LogP contribution >= 0.6 is 11.6 Å². The molecule has 0 spiro atoms. The van der Waals surface area contributed by atoms with E-state index in [2.05, 4.69) is 27.9 Å². The van der Waals surface area contributed by atoms with Gasteiger partial charge in [0.05, 0.1) is 5.69 Å². The molecule has 3 aromatic heterocycles. The van der Waals surface area contributed by atoms with Gasteiger partial charge in [-0.3, -0.25) is 4.98 Å². The lowest BCUT2D eigenvalue weighted by Gasteiger charge is -2.33. The number of likely N-dealkylation sites (N-methyl/N-ethyl adjacent to an activating group) is 1. The molecule has 0 saturated carbocycles. The Labute approximate surface area is 174 Å². The second-order valence-electron chi connectivity index (χ2n) is 7.31. The number of aromatic nitrogens is 4. The number of piperazine rings is 1. The Morgan fingerprint density at radius 3 is 2.45 bits per heavy atom. The summed E-state index contributed by atoms with van der Waals surface area (Å²) in [6.07, 6.45) is 3.58. The molecule has 1 saturated heterocycles. The molecule has 1 aliphatic rings. The summed E-state index contributed by atoms with van der Waals surface area (Å²) in [7, 11) is 2.16. The molecule has 0 bridgehead atoms. The molecule has 6 nitrogen and oxygen atoms in total. The zero-order valence-electron chi connectivity index (χ0n) is 16.2. The maximum Gasteiger partial charge on any atom is 0.155 e. The summed E-state index contributed by atoms with van der Waals surface area (Å²) in [6, 6.07) is 15.9. The first-order chi connectivity index (χ1) is 14.2. The summed E-state index contributed by atoms with van der Waals surface area (Å²) in [5.41, 5.74) is 4.61. The van der Waals surface area contributed by atoms with Gasteiger partial charge in [0.25, 0.3) is 0 Å². The number of rotatable bonds is 3. The molecule has 0 N–H and O–H groups in total. The van der Waals surface area contributed by atoms with E-state index in [1.807, 2.05) is 47.0 Å². The molecule has 4 heterocycles. The average Bonchev–Trinajstić information content (AvgIpc) is 3.14. The second kappa shape index (κ2) is 7.46. The van der Waals surface area contributed by atoms with Crippen molar-refractivity contribution < 1.29 is 0 Å². The summed E-state index contributed by atoms with van der Waals surface area (Å²) in [5.74, 6) is 0.968. The topological polar surface area (TPSA) is 49.6 Å². The summed E-state index contributed by atoms with van der Waals surface area (Å²) < 4.78 is 1.94. The van der Waals surface area contributed by atoms with E-state index in [-0.39, 0.29) is 0 Å². The average molecular weight is 405 g/mol. The molecule has 146 valence electrons. The molecule has 0 radical (unpaired) electrons. The fourth-order valence-corrected chi connectivity index (χ4v) is 3.92. The van der Waals surface area contributed by atoms with Gasteiger partial charge in [-0.1, -0.05) is 23.7 Å². The maximum absolute atomic E-state index is 6.26. The minimum atomic E-state index is 0.686. The van der Waals surface area contributed by atoms with Gasteiger partial charge in [-0.25, -0.2) is 9.50 Å². The van der Waals surface area contributed by atoms with E-state index >= 15 is 0 Å². The van der Waals surface area contributed by atoms with Crippen molar-refractivity contribution in [2.45, 2.75) is 0 Å². The number of hydrogen-bond donors (Lipinski definition) is 0. The Balaban J connectivity index is 1.69. The summed E-state index contributed by atoms with van der Waals surface area (Å²) in [5, 5.41) is 5.66. The molecular weight excluding hydrogens is 384 g/mol. The van der Waals surface area contributed by atoms with Gasteiger partial charge >= 0.3 is 0 Å². The van der Waals surface area contributed by atoms with Crippen molar-refractivity contribution in [3.05, 3.63) is 65.9 Å². The van der Waals surface area contributed by atoms with E-state index in [9.17, 15) is 0 Å². The Kier molecular flexibility index (Phi) is 4.66. The number of nitrogens with zero attached hydrogens (tertiary/aromatic N) is 6. The lowest BCUT2D eigenvalue weighted by molar-refractivity contribution is 0.311. The third-order valence-corrected chi connectivity index (χ3v) is 5.58. The van der Waals surface area contributed by atoms with Gasteiger partial charge in [-0.2, -0.15) is 0 Å². The van der Waals surface area contributed by atoms with E-state index in [4.69, 9.17) is 21.7 Å². The highest BCUT2D eigenvalue weighted by Gasteiger charge is 2.20. The van der Waals surface area contributed by atoms with E-state index in [1.165, 1.54) is 0 Å². The molecule has 1 aliphatic heterocycles. The van der Waals surface area contributed by atoms with E-state index in [1.54, 1.807) is 12.4 Å². The monoisotopic (exact) mass is 404 g/mol. The fourth-order valence-electron chi connectivity index (χ4n) is 3.73. The molecule has 1 aromatic carbocycles. The van der Waals surface area contributed by atoms with Crippen molar-refractivity contribution >= 4 is 23.1 Å². The lowest BCUT2D eigenvalue weighted by Crippen LogP contribution is -2.44. The zero-order chi connectivity index (χ0) is 19.8. The molecule has 0 aliphatic carbocycles. The van der Waals surface area contributed by atoms with Crippen LogP contribution < -0.4 is 4.90 Å². The highest BCUT2D eigenvalue weighted by atomic mass is 35.5. The van der Waals surface area contributed by atoms with Crippen LogP contribution in [-0.2, 0) is 0 Å². The second-order valence-corrected chi connectivity index (χ2v) is 7.74. The predicted molar refractivity (Wildman–Crippen MR) is 116 cm³/mol. The van der Waals surface area contributed by atoms with Crippen LogP contribution in [0.4, 0.5) is 5.82 Å². The molecule has 5 rings (SSSR count). The van der Waals surface area contributed by atoms with Crippen LogP contribution in [-0.4, -0.2) is 57.7 Å². The largest absolute Gasteiger partial charge is 0.353 e. The Morgan fingerprint density at radius 2 is 1.69 bits per heavy atom. The van der Waals surface area contributed by atoms with Gasteiger partial charge in [0.2, 0.25) is 0 Å². The first-order valence-corrected chi connectivity index (χ1v) is 10.1. The van der Waals surface area contributed by atoms with Crippen LogP contribution in [0.5, 0.6) is 0 Å². The number of imidazole rings is 1. The van der Waals surface area contributed by atoms with Crippen LogP contribution in [0, 0.1) is 0 Å². The normalized spacial score (nSPS) is 15.2. The Hall–Kier alpha value is -2.96. The van der Waals surface area contributed by atoms with E-state index < -0.39 is 0 Å². The van der Waals surface area contributed by atoms with Gasteiger partial charge in [0, 0.05) is 54.7 Å². The quantitative estimate of drug-likeness (QED) is 0.519. The lowest BCUT2D eigenvalue weighted by atomic mass is 10.1. The number of pyridine rings is 1. The molecule has 7 heteroatoms. The summed E-state index contributed by atoms with van der Waals surface area (Å²) >= 11 is 6.26. The van der Waals surface area contributed by atoms with Crippen LogP contribution in [0.1, 0.15) is 0 Å². The molecule has 4 aromatic rings. The molecule has 29 heavy (non-hydrogen) atoms. The minimum Gasteiger partial charge on any atom is -0.353 e. The first kappa shape index (κ1) is 18.1. The van der Waals surface area contributed by atoms with Crippen molar-refractivity contribution in [3.63, 3.8) is 0 Å². The molecule has 0 unspecified atom stereocenters. The SMILES string of the molecule is CN1CCN(c2ccc3nc(-c4cccc(Cl)c4)c(-c4ccncc4)n3n2)CC1. The first-order valence-electron chi connectivity index (χ1n) is 9.69. The van der Waals surface area contributed by atoms with Crippen LogP contribution in [0.3, 0.4) is 0 Å². The van der Waals surface area contributed by atoms with Crippen LogP contribution in [0.25, 0.3) is 28.2 Å². The Bertz CT molecular complexity index is 1150. The fraction of sp³-hybridized carbons (Fsp3) is 0.227. The van der Waals surface area contributed by atoms with Gasteiger partial charge in [0.15, 0.2) is 5.65 Å². The van der Waals surface area contributed by atoms with Crippen molar-refractivity contribution in [1.29, 1.82) is 0 Å². The van der Waals surface area contributed by atoms with Crippen molar-refractivity contribution in [3.8, 4) is 22.5 Å². The number of benzene rings is 1. The van der Waals surface area contributed by atoms with Gasteiger partial charge in [-0.15, -0.1) is 5.10 Å². The van der Waals surface area contributed by atoms with Crippen LogP contribution in [0.15, 0.2) is 60.9 Å². The van der Waals surface area contributed by atoms with Crippen molar-refractivity contribution in [2.75, 3.05) is 38.1 Å². The number of hydrogen-bond acceptors (Lipinski definition) is 5. The van der Waals surface area contributed by atoms with Gasteiger partial charge in [-0.05, 0) is 43.4 Å². The number of fused-ring (bicyclic) bond motifs is 1. The molecule has 0 amide bonds. The summed E-state index contributed by atoms with van der Waals surface area (Å²) in [6.45, 7) is 4.01. The van der Waals surface area contributed by atoms with Gasteiger partial charge < -0.3 is 9.80 Å². The standard InChI is InChI=1S/C22H21ClN6/c1-27-11-13-28(14-12-27)20-6-5-19-25-21(17-3-2-4-18(23)15-17)22(29(19)26-20)16-7-9-24-10-8-16/h2-10,15H,11-14H2,1H3. The molecular formula is C22H21ClN6.